The van der Waals surface area contributed by atoms with Crippen LogP contribution in [0.1, 0.15) is 18.4 Å². The minimum absolute atomic E-state index is 0.0156. The van der Waals surface area contributed by atoms with Crippen LogP contribution in [0, 0.1) is 11.3 Å². The molecule has 0 aliphatic carbocycles. The van der Waals surface area contributed by atoms with E-state index >= 15 is 0 Å². The molecule has 0 bridgehead atoms. The Labute approximate surface area is 142 Å². The largest absolute Gasteiger partial charge is 0.503 e. The standard InChI is InChI=1S/C16H17BrN2O4/c1-22-14-7-10(6-13(17)15(14)20)5-11(8-18)16(21)19-9-12-3-2-4-23-12/h5-7,12,20H,2-4,9H2,1H3,(H,19,21)/b11-5+/t12-/m0/s1. The Bertz CT molecular complexity index is 661. The third-order valence-corrected chi connectivity index (χ3v) is 4.07. The Morgan fingerprint density at radius 2 is 2.43 bits per heavy atom. The highest BCUT2D eigenvalue weighted by atomic mass is 79.9. The molecule has 1 atom stereocenters. The minimum Gasteiger partial charge on any atom is -0.503 e. The van der Waals surface area contributed by atoms with Crippen molar-refractivity contribution < 1.29 is 19.4 Å². The Morgan fingerprint density at radius 3 is 3.04 bits per heavy atom. The molecule has 0 spiro atoms. The van der Waals surface area contributed by atoms with E-state index in [1.54, 1.807) is 12.1 Å². The van der Waals surface area contributed by atoms with Gasteiger partial charge < -0.3 is 19.9 Å². The number of amides is 1. The lowest BCUT2D eigenvalue weighted by Gasteiger charge is -2.10. The fraction of sp³-hybridized carbons (Fsp3) is 0.375. The number of carbonyl (C=O) groups is 1. The van der Waals surface area contributed by atoms with Crippen molar-refractivity contribution in [2.24, 2.45) is 0 Å². The molecule has 1 heterocycles. The smallest absolute Gasteiger partial charge is 0.262 e. The lowest BCUT2D eigenvalue weighted by molar-refractivity contribution is -0.117. The molecule has 1 aromatic carbocycles. The quantitative estimate of drug-likeness (QED) is 0.604. The number of benzene rings is 1. The lowest BCUT2D eigenvalue weighted by Crippen LogP contribution is -2.32. The van der Waals surface area contributed by atoms with Crippen molar-refractivity contribution in [2.45, 2.75) is 18.9 Å². The van der Waals surface area contributed by atoms with Crippen LogP contribution in [0.25, 0.3) is 6.08 Å². The number of nitriles is 1. The fourth-order valence-electron chi connectivity index (χ4n) is 2.26. The molecule has 1 aliphatic heterocycles. The second kappa shape index (κ2) is 7.99. The second-order valence-electron chi connectivity index (χ2n) is 5.07. The molecule has 0 aromatic heterocycles. The molecule has 1 aromatic rings. The van der Waals surface area contributed by atoms with Gasteiger partial charge in [0, 0.05) is 13.2 Å². The average Bonchev–Trinajstić information content (AvgIpc) is 3.06. The average molecular weight is 381 g/mol. The van der Waals surface area contributed by atoms with Crippen LogP contribution in [0.4, 0.5) is 0 Å². The first kappa shape index (κ1) is 17.3. The van der Waals surface area contributed by atoms with Gasteiger partial charge in [0.15, 0.2) is 11.5 Å². The second-order valence-corrected chi connectivity index (χ2v) is 5.92. The summed E-state index contributed by atoms with van der Waals surface area (Å²) in [6.45, 7) is 1.10. The lowest BCUT2D eigenvalue weighted by atomic mass is 10.1. The van der Waals surface area contributed by atoms with Gasteiger partial charge in [-0.2, -0.15) is 5.26 Å². The van der Waals surface area contributed by atoms with E-state index in [1.165, 1.54) is 13.2 Å². The van der Waals surface area contributed by atoms with E-state index < -0.39 is 5.91 Å². The summed E-state index contributed by atoms with van der Waals surface area (Å²) in [7, 11) is 1.43. The van der Waals surface area contributed by atoms with Crippen LogP contribution in [0.2, 0.25) is 0 Å². The van der Waals surface area contributed by atoms with Crippen molar-refractivity contribution in [1.29, 1.82) is 5.26 Å². The molecule has 6 nitrogen and oxygen atoms in total. The van der Waals surface area contributed by atoms with E-state index in [0.29, 0.717) is 23.2 Å². The number of nitrogens with one attached hydrogen (secondary N) is 1. The molecule has 0 unspecified atom stereocenters. The molecule has 0 saturated carbocycles. The molecule has 1 fully saturated rings. The van der Waals surface area contributed by atoms with Crippen LogP contribution < -0.4 is 10.1 Å². The van der Waals surface area contributed by atoms with Crippen LogP contribution in [-0.2, 0) is 9.53 Å². The summed E-state index contributed by atoms with van der Waals surface area (Å²) >= 11 is 3.20. The molecule has 0 radical (unpaired) electrons. The monoisotopic (exact) mass is 380 g/mol. The Kier molecular flexibility index (Phi) is 6.02. The van der Waals surface area contributed by atoms with Crippen molar-refractivity contribution in [1.82, 2.24) is 5.32 Å². The zero-order valence-electron chi connectivity index (χ0n) is 12.6. The van der Waals surface area contributed by atoms with Crippen LogP contribution in [0.5, 0.6) is 11.5 Å². The van der Waals surface area contributed by atoms with E-state index in [0.717, 1.165) is 12.8 Å². The summed E-state index contributed by atoms with van der Waals surface area (Å²) in [5.41, 5.74) is 0.540. The van der Waals surface area contributed by atoms with Crippen LogP contribution in [0.15, 0.2) is 22.2 Å². The zero-order chi connectivity index (χ0) is 16.8. The number of nitrogens with zero attached hydrogens (tertiary/aromatic N) is 1. The van der Waals surface area contributed by atoms with E-state index in [4.69, 9.17) is 9.47 Å². The topological polar surface area (TPSA) is 91.6 Å². The number of carbonyl (C=O) groups excluding carboxylic acids is 1. The van der Waals surface area contributed by atoms with Gasteiger partial charge in [-0.1, -0.05) is 0 Å². The van der Waals surface area contributed by atoms with Gasteiger partial charge in [-0.3, -0.25) is 4.79 Å². The highest BCUT2D eigenvalue weighted by molar-refractivity contribution is 9.10. The number of hydrogen-bond acceptors (Lipinski definition) is 5. The van der Waals surface area contributed by atoms with Gasteiger partial charge in [0.1, 0.15) is 11.6 Å². The Hall–Kier alpha value is -2.04. The summed E-state index contributed by atoms with van der Waals surface area (Å²) < 4.78 is 10.9. The van der Waals surface area contributed by atoms with E-state index in [1.807, 2.05) is 6.07 Å². The number of hydrogen-bond donors (Lipinski definition) is 2. The fourth-order valence-corrected chi connectivity index (χ4v) is 2.71. The van der Waals surface area contributed by atoms with E-state index in [9.17, 15) is 15.2 Å². The third kappa shape index (κ3) is 4.47. The number of rotatable bonds is 5. The number of ether oxygens (including phenoxy) is 2. The van der Waals surface area contributed by atoms with Gasteiger partial charge in [-0.25, -0.2) is 0 Å². The summed E-state index contributed by atoms with van der Waals surface area (Å²) in [6.07, 6.45) is 3.36. The maximum absolute atomic E-state index is 12.1. The molecule has 1 aliphatic rings. The number of phenolic OH excluding ortho intramolecular Hbond substituents is 1. The molecule has 1 saturated heterocycles. The first-order valence-electron chi connectivity index (χ1n) is 7.13. The van der Waals surface area contributed by atoms with Crippen molar-refractivity contribution >= 4 is 27.9 Å². The Morgan fingerprint density at radius 1 is 1.65 bits per heavy atom. The minimum atomic E-state index is -0.453. The highest BCUT2D eigenvalue weighted by Gasteiger charge is 2.18. The number of phenols is 1. The van der Waals surface area contributed by atoms with Crippen LogP contribution >= 0.6 is 15.9 Å². The summed E-state index contributed by atoms with van der Waals surface area (Å²) in [5.74, 6) is -0.236. The maximum Gasteiger partial charge on any atom is 0.262 e. The predicted molar refractivity (Wildman–Crippen MR) is 87.9 cm³/mol. The SMILES string of the molecule is COc1cc(/C=C(\C#N)C(=O)NC[C@@H]2CCCO2)cc(Br)c1O. The predicted octanol–water partition coefficient (Wildman–Crippen LogP) is 2.37. The van der Waals surface area contributed by atoms with Crippen molar-refractivity contribution in [2.75, 3.05) is 20.3 Å². The van der Waals surface area contributed by atoms with Crippen molar-refractivity contribution in [3.8, 4) is 17.6 Å². The molecular formula is C16H17BrN2O4. The molecule has 122 valence electrons. The van der Waals surface area contributed by atoms with E-state index in [2.05, 4.69) is 21.2 Å². The molecule has 7 heteroatoms. The number of aromatic hydroxyl groups is 1. The molecule has 23 heavy (non-hydrogen) atoms. The summed E-state index contributed by atoms with van der Waals surface area (Å²) in [4.78, 5) is 12.1. The van der Waals surface area contributed by atoms with Gasteiger partial charge in [0.05, 0.1) is 17.7 Å². The summed E-state index contributed by atoms with van der Waals surface area (Å²) in [6, 6.07) is 5.03. The van der Waals surface area contributed by atoms with Crippen molar-refractivity contribution in [3.05, 3.63) is 27.7 Å². The summed E-state index contributed by atoms with van der Waals surface area (Å²) in [5, 5.41) is 21.7. The van der Waals surface area contributed by atoms with Gasteiger partial charge >= 0.3 is 0 Å². The highest BCUT2D eigenvalue weighted by Crippen LogP contribution is 2.35. The molecule has 2 N–H and O–H groups in total. The van der Waals surface area contributed by atoms with Crippen LogP contribution in [0.3, 0.4) is 0 Å². The van der Waals surface area contributed by atoms with Gasteiger partial charge in [-0.05, 0) is 52.5 Å². The molecule has 1 amide bonds. The van der Waals surface area contributed by atoms with Gasteiger partial charge in [0.25, 0.3) is 5.91 Å². The number of halogens is 1. The van der Waals surface area contributed by atoms with Gasteiger partial charge in [-0.15, -0.1) is 0 Å². The zero-order valence-corrected chi connectivity index (χ0v) is 14.2. The normalized spacial score (nSPS) is 17.6. The Balaban J connectivity index is 2.13. The van der Waals surface area contributed by atoms with Gasteiger partial charge in [0.2, 0.25) is 0 Å². The third-order valence-electron chi connectivity index (χ3n) is 3.46. The first-order valence-corrected chi connectivity index (χ1v) is 7.92. The van der Waals surface area contributed by atoms with E-state index in [-0.39, 0.29) is 23.2 Å². The first-order chi connectivity index (χ1) is 11.0. The molecule has 2 rings (SSSR count). The maximum atomic E-state index is 12.1. The van der Waals surface area contributed by atoms with Crippen LogP contribution in [-0.4, -0.2) is 37.4 Å². The number of methoxy groups -OCH3 is 1. The van der Waals surface area contributed by atoms with Crippen molar-refractivity contribution in [3.63, 3.8) is 0 Å². The molecular weight excluding hydrogens is 364 g/mol.